The Kier molecular flexibility index (Phi) is 5.08. The fourth-order valence-electron chi connectivity index (χ4n) is 4.05. The summed E-state index contributed by atoms with van der Waals surface area (Å²) >= 11 is 0. The first kappa shape index (κ1) is 18.1. The summed E-state index contributed by atoms with van der Waals surface area (Å²) in [6, 6.07) is 8.47. The molecule has 134 valence electrons. The van der Waals surface area contributed by atoms with Gasteiger partial charge in [0.1, 0.15) is 5.75 Å². The largest absolute Gasteiger partial charge is 0.423 e. The zero-order chi connectivity index (χ0) is 18.8. The number of ketones is 1. The molecule has 0 aliphatic heterocycles. The molecular weight excluding hydrogens is 326 g/mol. The number of esters is 1. The van der Waals surface area contributed by atoms with E-state index in [-0.39, 0.29) is 11.7 Å². The minimum absolute atomic E-state index is 0.00387. The third kappa shape index (κ3) is 3.48. The van der Waals surface area contributed by atoms with Crippen molar-refractivity contribution in [3.63, 3.8) is 0 Å². The van der Waals surface area contributed by atoms with E-state index in [9.17, 15) is 9.59 Å². The van der Waals surface area contributed by atoms with Crippen LogP contribution < -0.4 is 4.74 Å². The number of Topliss-reactive ketones (excluding diaryl/α,β-unsaturated/α-hetero) is 1. The van der Waals surface area contributed by atoms with E-state index in [1.807, 2.05) is 13.0 Å². The van der Waals surface area contributed by atoms with E-state index in [4.69, 9.17) is 10.00 Å². The van der Waals surface area contributed by atoms with Crippen LogP contribution in [0.15, 0.2) is 47.6 Å². The molecule has 3 rings (SSSR count). The second kappa shape index (κ2) is 7.29. The number of carbonyl (C=O) groups is 2. The van der Waals surface area contributed by atoms with Crippen molar-refractivity contribution < 1.29 is 14.3 Å². The highest BCUT2D eigenvalue weighted by molar-refractivity contribution is 5.98. The van der Waals surface area contributed by atoms with Crippen molar-refractivity contribution in [1.29, 1.82) is 5.26 Å². The number of allylic oxidation sites excluding steroid dienone is 2. The average Bonchev–Trinajstić information content (AvgIpc) is 2.82. The van der Waals surface area contributed by atoms with Crippen molar-refractivity contribution >= 4 is 11.8 Å². The lowest BCUT2D eigenvalue weighted by Gasteiger charge is -2.19. The maximum absolute atomic E-state index is 12.5. The summed E-state index contributed by atoms with van der Waals surface area (Å²) < 4.78 is 5.42. The lowest BCUT2D eigenvalue weighted by molar-refractivity contribution is -0.130. The monoisotopic (exact) mass is 349 g/mol. The normalized spacial score (nSPS) is 25.3. The summed E-state index contributed by atoms with van der Waals surface area (Å²) in [6.45, 7) is 8.10. The summed E-state index contributed by atoms with van der Waals surface area (Å²) in [4.78, 5) is 24.6. The molecule has 3 atom stereocenters. The van der Waals surface area contributed by atoms with Crippen LogP contribution in [0.3, 0.4) is 0 Å². The minimum atomic E-state index is -0.437. The highest BCUT2D eigenvalue weighted by Gasteiger charge is 2.38. The van der Waals surface area contributed by atoms with Gasteiger partial charge in [0.25, 0.3) is 0 Å². The fourth-order valence-corrected chi connectivity index (χ4v) is 4.05. The summed E-state index contributed by atoms with van der Waals surface area (Å²) in [7, 11) is 0. The molecule has 0 saturated heterocycles. The highest BCUT2D eigenvalue weighted by Crippen LogP contribution is 2.45. The molecule has 26 heavy (non-hydrogen) atoms. The number of hydrogen-bond acceptors (Lipinski definition) is 4. The number of rotatable bonds is 3. The predicted molar refractivity (Wildman–Crippen MR) is 98.3 cm³/mol. The lowest BCUT2D eigenvalue weighted by atomic mass is 9.86. The van der Waals surface area contributed by atoms with Gasteiger partial charge in [0.15, 0.2) is 5.78 Å². The van der Waals surface area contributed by atoms with Gasteiger partial charge in [-0.15, -0.1) is 0 Å². The minimum Gasteiger partial charge on any atom is -0.423 e. The van der Waals surface area contributed by atoms with Crippen LogP contribution in [0.4, 0.5) is 0 Å². The van der Waals surface area contributed by atoms with Gasteiger partial charge >= 0.3 is 5.97 Å². The molecule has 0 bridgehead atoms. The SMILES string of the molecule is C=C(C(=O)Oc1ccc(C#N)cc1)[C@H]1CCC(C)[C@@H]2CC(=O)C(C)=C2C1. The Morgan fingerprint density at radius 2 is 1.92 bits per heavy atom. The first-order valence-corrected chi connectivity index (χ1v) is 9.04. The first-order valence-electron chi connectivity index (χ1n) is 9.04. The molecule has 0 N–H and O–H groups in total. The summed E-state index contributed by atoms with van der Waals surface area (Å²) in [5.41, 5.74) is 3.06. The van der Waals surface area contributed by atoms with Crippen molar-refractivity contribution in [2.24, 2.45) is 17.8 Å². The maximum Gasteiger partial charge on any atom is 0.339 e. The highest BCUT2D eigenvalue weighted by atomic mass is 16.5. The van der Waals surface area contributed by atoms with E-state index in [2.05, 4.69) is 13.5 Å². The van der Waals surface area contributed by atoms with E-state index in [1.54, 1.807) is 24.3 Å². The van der Waals surface area contributed by atoms with E-state index in [0.29, 0.717) is 41.6 Å². The van der Waals surface area contributed by atoms with E-state index < -0.39 is 5.97 Å². The molecule has 2 aliphatic rings. The summed E-state index contributed by atoms with van der Waals surface area (Å²) in [6.07, 6.45) is 3.18. The zero-order valence-corrected chi connectivity index (χ0v) is 15.2. The zero-order valence-electron chi connectivity index (χ0n) is 15.2. The van der Waals surface area contributed by atoms with Gasteiger partial charge in [-0.2, -0.15) is 5.26 Å². The van der Waals surface area contributed by atoms with Crippen LogP contribution >= 0.6 is 0 Å². The van der Waals surface area contributed by atoms with Gasteiger partial charge in [0.05, 0.1) is 11.6 Å². The van der Waals surface area contributed by atoms with Gasteiger partial charge in [-0.1, -0.05) is 19.1 Å². The molecule has 1 aromatic carbocycles. The molecule has 0 heterocycles. The second-order valence-corrected chi connectivity index (χ2v) is 7.39. The number of ether oxygens (including phenoxy) is 1. The van der Waals surface area contributed by atoms with Gasteiger partial charge < -0.3 is 4.74 Å². The molecular formula is C22H23NO3. The van der Waals surface area contributed by atoms with Crippen molar-refractivity contribution in [3.8, 4) is 11.8 Å². The molecule has 1 aromatic rings. The molecule has 0 radical (unpaired) electrons. The molecule has 0 amide bonds. The van der Waals surface area contributed by atoms with Crippen LogP contribution in [0.2, 0.25) is 0 Å². The van der Waals surface area contributed by atoms with Crippen molar-refractivity contribution in [2.75, 3.05) is 0 Å². The molecule has 1 fully saturated rings. The quantitative estimate of drug-likeness (QED) is 0.462. The summed E-state index contributed by atoms with van der Waals surface area (Å²) in [5, 5.41) is 8.83. The molecule has 0 spiro atoms. The molecule has 1 unspecified atom stereocenters. The average molecular weight is 349 g/mol. The molecule has 1 saturated carbocycles. The predicted octanol–water partition coefficient (Wildman–Crippen LogP) is 4.36. The first-order chi connectivity index (χ1) is 12.4. The smallest absolute Gasteiger partial charge is 0.339 e. The number of fused-ring (bicyclic) bond motifs is 1. The number of nitrogens with zero attached hydrogens (tertiary/aromatic N) is 1. The van der Waals surface area contributed by atoms with E-state index in [0.717, 1.165) is 18.4 Å². The van der Waals surface area contributed by atoms with Crippen LogP contribution in [0.25, 0.3) is 0 Å². The topological polar surface area (TPSA) is 67.2 Å². The second-order valence-electron chi connectivity index (χ2n) is 7.39. The Bertz CT molecular complexity index is 826. The Labute approximate surface area is 154 Å². The Morgan fingerprint density at radius 3 is 2.58 bits per heavy atom. The number of carbonyl (C=O) groups excluding carboxylic acids is 2. The van der Waals surface area contributed by atoms with Crippen molar-refractivity contribution in [1.82, 2.24) is 0 Å². The Balaban J connectivity index is 1.73. The third-order valence-corrected chi connectivity index (χ3v) is 5.83. The van der Waals surface area contributed by atoms with Crippen molar-refractivity contribution in [3.05, 3.63) is 53.1 Å². The van der Waals surface area contributed by atoms with Crippen LogP contribution in [0, 0.1) is 29.1 Å². The van der Waals surface area contributed by atoms with Gasteiger partial charge in [-0.05, 0) is 73.8 Å². The third-order valence-electron chi connectivity index (χ3n) is 5.83. The fraction of sp³-hybridized carbons (Fsp3) is 0.409. The van der Waals surface area contributed by atoms with E-state index >= 15 is 0 Å². The summed E-state index contributed by atoms with van der Waals surface area (Å²) in [5.74, 6) is 0.968. The maximum atomic E-state index is 12.5. The number of hydrogen-bond donors (Lipinski definition) is 0. The number of benzene rings is 1. The standard InChI is InChI=1S/C22H23NO3/c1-13-4-7-17(10-20-15(3)21(24)11-19(13)20)14(2)22(25)26-18-8-5-16(12-23)6-9-18/h5-6,8-9,13,17,19H,2,4,7,10-11H2,1,3H3/t13?,17-,19-/m0/s1. The van der Waals surface area contributed by atoms with Gasteiger partial charge in [0, 0.05) is 12.0 Å². The number of nitriles is 1. The Morgan fingerprint density at radius 1 is 1.23 bits per heavy atom. The lowest BCUT2D eigenvalue weighted by Crippen LogP contribution is -2.18. The molecule has 4 heteroatoms. The van der Waals surface area contributed by atoms with Crippen LogP contribution in [0.5, 0.6) is 5.75 Å². The van der Waals surface area contributed by atoms with Gasteiger partial charge in [-0.25, -0.2) is 4.79 Å². The molecule has 2 aliphatic carbocycles. The van der Waals surface area contributed by atoms with Crippen LogP contribution in [0.1, 0.15) is 45.1 Å². The van der Waals surface area contributed by atoms with E-state index in [1.165, 1.54) is 5.57 Å². The van der Waals surface area contributed by atoms with Crippen LogP contribution in [-0.2, 0) is 9.59 Å². The van der Waals surface area contributed by atoms with Gasteiger partial charge in [-0.3, -0.25) is 4.79 Å². The van der Waals surface area contributed by atoms with Gasteiger partial charge in [0.2, 0.25) is 0 Å². The molecule has 0 aromatic heterocycles. The Hall–Kier alpha value is -2.67. The van der Waals surface area contributed by atoms with Crippen molar-refractivity contribution in [2.45, 2.75) is 39.5 Å². The van der Waals surface area contributed by atoms with Crippen LogP contribution in [-0.4, -0.2) is 11.8 Å². The molecule has 4 nitrogen and oxygen atoms in total.